The van der Waals surface area contributed by atoms with E-state index in [-0.39, 0.29) is 17.4 Å². The second kappa shape index (κ2) is 11.0. The van der Waals surface area contributed by atoms with Crippen molar-refractivity contribution in [1.29, 1.82) is 0 Å². The Morgan fingerprint density at radius 2 is 1.27 bits per heavy atom. The number of rotatable bonds is 11. The van der Waals surface area contributed by atoms with Crippen LogP contribution in [-0.4, -0.2) is 25.9 Å². The van der Waals surface area contributed by atoms with Gasteiger partial charge >= 0.3 is 0 Å². The third-order valence-electron chi connectivity index (χ3n) is 5.60. The van der Waals surface area contributed by atoms with Crippen molar-refractivity contribution in [2.24, 2.45) is 17.8 Å². The molecule has 9 heteroatoms. The summed E-state index contributed by atoms with van der Waals surface area (Å²) in [6.45, 7) is 10.9. The maximum atomic E-state index is 11.9. The van der Waals surface area contributed by atoms with E-state index < -0.39 is 30.0 Å². The molecule has 0 heterocycles. The summed E-state index contributed by atoms with van der Waals surface area (Å²) in [5.74, 6) is 1.30. The third-order valence-corrected chi connectivity index (χ3v) is 7.38. The molecular weight excluding hydrogens is 464 g/mol. The Hall–Kier alpha value is -1.94. The predicted octanol–water partition coefficient (Wildman–Crippen LogP) is 6.17. The van der Waals surface area contributed by atoms with Crippen LogP contribution < -0.4 is 4.74 Å². The Kier molecular flexibility index (Phi) is 9.09. The van der Waals surface area contributed by atoms with Crippen LogP contribution in [-0.2, 0) is 20.2 Å². The summed E-state index contributed by atoms with van der Waals surface area (Å²) in [6.07, 6.45) is 3.11. The van der Waals surface area contributed by atoms with Gasteiger partial charge in [-0.2, -0.15) is 16.8 Å². The molecule has 0 saturated carbocycles. The molecular formula is C24H34O7S2. The fourth-order valence-corrected chi connectivity index (χ4v) is 5.62. The first-order chi connectivity index (χ1) is 15.2. The zero-order valence-electron chi connectivity index (χ0n) is 19.7. The first-order valence-electron chi connectivity index (χ1n) is 11.0. The van der Waals surface area contributed by atoms with Crippen molar-refractivity contribution in [3.05, 3.63) is 48.0 Å². The van der Waals surface area contributed by atoms with Crippen LogP contribution in [0.25, 0.3) is 0 Å². The van der Waals surface area contributed by atoms with Gasteiger partial charge in [-0.1, -0.05) is 52.8 Å². The maximum absolute atomic E-state index is 11.9. The van der Waals surface area contributed by atoms with Crippen LogP contribution in [0.15, 0.2) is 52.3 Å². The Bertz CT molecular complexity index is 1160. The topological polar surface area (TPSA) is 118 Å². The molecule has 2 aromatic rings. The van der Waals surface area contributed by atoms with Crippen LogP contribution in [0.4, 0.5) is 0 Å². The van der Waals surface area contributed by atoms with Crippen LogP contribution in [0, 0.1) is 17.8 Å². The molecule has 0 amide bonds. The smallest absolute Gasteiger partial charge is 0.298 e. The monoisotopic (exact) mass is 498 g/mol. The van der Waals surface area contributed by atoms with Crippen LogP contribution in [0.2, 0.25) is 0 Å². The molecule has 184 valence electrons. The van der Waals surface area contributed by atoms with Crippen LogP contribution in [0.3, 0.4) is 0 Å². The average molecular weight is 499 g/mol. The Morgan fingerprint density at radius 1 is 0.727 bits per heavy atom. The van der Waals surface area contributed by atoms with E-state index in [1.807, 2.05) is 6.92 Å². The molecule has 3 unspecified atom stereocenters. The van der Waals surface area contributed by atoms with Gasteiger partial charge in [0.2, 0.25) is 0 Å². The van der Waals surface area contributed by atoms with Gasteiger partial charge in [0.1, 0.15) is 21.3 Å². The lowest BCUT2D eigenvalue weighted by Gasteiger charge is -2.22. The van der Waals surface area contributed by atoms with Crippen LogP contribution in [0.5, 0.6) is 11.5 Å². The SMILES string of the molecule is CC(C)CC(C)CC(C)CC(C)c1ccc(S(=O)(=O)O)c(Oc2ccccc2S(=O)(=O)O)c1. The first-order valence-corrected chi connectivity index (χ1v) is 13.9. The predicted molar refractivity (Wildman–Crippen MR) is 128 cm³/mol. The number of para-hydroxylation sites is 1. The summed E-state index contributed by atoms with van der Waals surface area (Å²) in [4.78, 5) is -0.986. The molecule has 0 aliphatic rings. The molecule has 0 fully saturated rings. The van der Waals surface area contributed by atoms with Crippen molar-refractivity contribution in [2.45, 2.75) is 69.6 Å². The normalized spacial score (nSPS) is 15.3. The molecule has 7 nitrogen and oxygen atoms in total. The van der Waals surface area contributed by atoms with E-state index in [0.717, 1.165) is 30.9 Å². The minimum atomic E-state index is -4.63. The van der Waals surface area contributed by atoms with Gasteiger partial charge in [-0.3, -0.25) is 9.11 Å². The maximum Gasteiger partial charge on any atom is 0.298 e. The summed E-state index contributed by atoms with van der Waals surface area (Å²) < 4.78 is 71.9. The third kappa shape index (κ3) is 8.10. The highest BCUT2D eigenvalue weighted by molar-refractivity contribution is 7.86. The second-order valence-electron chi connectivity index (χ2n) is 9.42. The van der Waals surface area contributed by atoms with Crippen molar-refractivity contribution in [1.82, 2.24) is 0 Å². The highest BCUT2D eigenvalue weighted by atomic mass is 32.2. The van der Waals surface area contributed by atoms with Gasteiger partial charge in [0.05, 0.1) is 0 Å². The fourth-order valence-electron chi connectivity index (χ4n) is 4.41. The zero-order chi connectivity index (χ0) is 25.0. The highest BCUT2D eigenvalue weighted by Crippen LogP contribution is 2.36. The van der Waals surface area contributed by atoms with Gasteiger partial charge < -0.3 is 4.74 Å². The van der Waals surface area contributed by atoms with Gasteiger partial charge in [0.15, 0.2) is 0 Å². The summed E-state index contributed by atoms with van der Waals surface area (Å²) in [7, 11) is -9.23. The molecule has 0 spiro atoms. The molecule has 0 bridgehead atoms. The lowest BCUT2D eigenvalue weighted by Crippen LogP contribution is -2.09. The molecule has 0 saturated heterocycles. The van der Waals surface area contributed by atoms with Crippen molar-refractivity contribution in [2.75, 3.05) is 0 Å². The van der Waals surface area contributed by atoms with E-state index in [1.165, 1.54) is 30.3 Å². The Balaban J connectivity index is 2.35. The van der Waals surface area contributed by atoms with E-state index in [4.69, 9.17) is 4.74 Å². The first kappa shape index (κ1) is 27.3. The van der Waals surface area contributed by atoms with E-state index in [0.29, 0.717) is 17.8 Å². The van der Waals surface area contributed by atoms with E-state index in [1.54, 1.807) is 6.07 Å². The van der Waals surface area contributed by atoms with Gasteiger partial charge in [-0.05, 0) is 72.8 Å². The number of benzene rings is 2. The molecule has 2 N–H and O–H groups in total. The van der Waals surface area contributed by atoms with Gasteiger partial charge in [0.25, 0.3) is 20.2 Å². The minimum Gasteiger partial charge on any atom is -0.454 e. The standard InChI is InChI=1S/C24H34O7S2/c1-16(2)12-17(3)13-18(4)14-19(5)20-10-11-24(33(28,29)30)22(15-20)31-21-8-6-7-9-23(21)32(25,26)27/h6-11,15-19H,12-14H2,1-5H3,(H,25,26,27)(H,28,29,30). The summed E-state index contributed by atoms with van der Waals surface area (Å²) in [5.41, 5.74) is 0.796. The quantitative estimate of drug-likeness (QED) is 0.355. The Labute approximate surface area is 197 Å². The van der Waals surface area contributed by atoms with Crippen LogP contribution in [0.1, 0.15) is 65.4 Å². The average Bonchev–Trinajstić information content (AvgIpc) is 2.65. The summed E-state index contributed by atoms with van der Waals surface area (Å²) in [6, 6.07) is 9.70. The van der Waals surface area contributed by atoms with Crippen LogP contribution >= 0.6 is 0 Å². The van der Waals surface area contributed by atoms with Gasteiger partial charge in [-0.25, -0.2) is 0 Å². The zero-order valence-corrected chi connectivity index (χ0v) is 21.4. The second-order valence-corrected chi connectivity index (χ2v) is 12.2. The number of hydrogen-bond acceptors (Lipinski definition) is 5. The summed E-state index contributed by atoms with van der Waals surface area (Å²) in [5, 5.41) is 0. The molecule has 0 aliphatic carbocycles. The number of ether oxygens (including phenoxy) is 1. The van der Waals surface area contributed by atoms with Crippen molar-refractivity contribution in [3.63, 3.8) is 0 Å². The molecule has 0 radical (unpaired) electrons. The highest BCUT2D eigenvalue weighted by Gasteiger charge is 2.23. The van der Waals surface area contributed by atoms with E-state index >= 15 is 0 Å². The molecule has 33 heavy (non-hydrogen) atoms. The molecule has 0 aliphatic heterocycles. The fraction of sp³-hybridized carbons (Fsp3) is 0.500. The lowest BCUT2D eigenvalue weighted by atomic mass is 9.84. The largest absolute Gasteiger partial charge is 0.454 e. The van der Waals surface area contributed by atoms with Gasteiger partial charge in [0, 0.05) is 0 Å². The van der Waals surface area contributed by atoms with Crippen molar-refractivity contribution in [3.8, 4) is 11.5 Å². The molecule has 0 aromatic heterocycles. The van der Waals surface area contributed by atoms with Crippen molar-refractivity contribution >= 4 is 20.2 Å². The van der Waals surface area contributed by atoms with Gasteiger partial charge in [-0.15, -0.1) is 0 Å². The lowest BCUT2D eigenvalue weighted by molar-refractivity contribution is 0.333. The van der Waals surface area contributed by atoms with Crippen molar-refractivity contribution < 1.29 is 30.7 Å². The Morgan fingerprint density at radius 3 is 1.85 bits per heavy atom. The molecule has 3 atom stereocenters. The van der Waals surface area contributed by atoms with E-state index in [2.05, 4.69) is 27.7 Å². The molecule has 2 rings (SSSR count). The number of hydrogen-bond donors (Lipinski definition) is 2. The van der Waals surface area contributed by atoms with E-state index in [9.17, 15) is 25.9 Å². The minimum absolute atomic E-state index is 0.0702. The summed E-state index contributed by atoms with van der Waals surface area (Å²) >= 11 is 0. The molecule has 2 aromatic carbocycles.